The molecule has 2 unspecified atom stereocenters. The lowest BCUT2D eigenvalue weighted by atomic mass is 9.99. The summed E-state index contributed by atoms with van der Waals surface area (Å²) in [5, 5.41) is 18.6. The topological polar surface area (TPSA) is 93.1 Å². The second-order valence-electron chi connectivity index (χ2n) is 13.0. The molecule has 0 aliphatic heterocycles. The maximum Gasteiger partial charge on any atom is 0.333 e. The molecule has 5 aromatic carbocycles. The van der Waals surface area contributed by atoms with Gasteiger partial charge in [0.15, 0.2) is 12.2 Å². The second kappa shape index (κ2) is 23.5. The number of hydrogen-bond donors (Lipinski definition) is 2. The Kier molecular flexibility index (Phi) is 17.6. The SMILES string of the molecule is CCOC(Cc1ccc(SCC=CC#Cc2ccc(-c3ccc(-c4ccc(C#CC=CCSc5ccc(CC(OCC)C(=O)O)cc5)cc4)cc3)cc2)cc1)C(=O)O. The van der Waals surface area contributed by atoms with Crippen LogP contribution in [0.25, 0.3) is 22.3 Å². The maximum atomic E-state index is 11.3. The van der Waals surface area contributed by atoms with Gasteiger partial charge in [0.25, 0.3) is 0 Å². The molecule has 5 rings (SSSR count). The van der Waals surface area contributed by atoms with Gasteiger partial charge in [0.1, 0.15) is 0 Å². The fourth-order valence-electron chi connectivity index (χ4n) is 5.81. The first kappa shape index (κ1) is 43.4. The third-order valence-electron chi connectivity index (χ3n) is 8.82. The van der Waals surface area contributed by atoms with Crippen molar-refractivity contribution < 1.29 is 29.3 Å². The van der Waals surface area contributed by atoms with Crippen LogP contribution >= 0.6 is 23.5 Å². The molecule has 0 fully saturated rings. The average Bonchev–Trinajstić information content (AvgIpc) is 3.24. The number of carboxylic acids is 2. The standard InChI is InChI=1S/C50H46O6S2/c1-3-55-47(49(51)52)35-39-17-29-45(30-18-39)57-33-9-5-7-11-37-13-21-41(22-14-37)43-25-27-44(28-26-43)42-23-15-38(16-24-42)12-8-6-10-34-58-46-31-19-40(20-32-46)36-48(50(53)54)56-4-2/h5-6,9-10,13-32,47-48H,3-4,33-36H2,1-2H3,(H,51,52)(H,53,54). The highest BCUT2D eigenvalue weighted by Gasteiger charge is 2.18. The van der Waals surface area contributed by atoms with Gasteiger partial charge in [-0.05, 0) is 108 Å². The summed E-state index contributed by atoms with van der Waals surface area (Å²) in [5.41, 5.74) is 8.32. The summed E-state index contributed by atoms with van der Waals surface area (Å²) in [6.45, 7) is 4.34. The Labute approximate surface area is 350 Å². The van der Waals surface area contributed by atoms with E-state index in [9.17, 15) is 19.8 Å². The lowest BCUT2D eigenvalue weighted by Crippen LogP contribution is -2.26. The highest BCUT2D eigenvalue weighted by Crippen LogP contribution is 2.26. The summed E-state index contributed by atoms with van der Waals surface area (Å²) >= 11 is 3.39. The monoisotopic (exact) mass is 806 g/mol. The minimum atomic E-state index is -0.941. The molecule has 0 amide bonds. The van der Waals surface area contributed by atoms with E-state index in [0.717, 1.165) is 65.8 Å². The van der Waals surface area contributed by atoms with Gasteiger partial charge in [-0.1, -0.05) is 109 Å². The number of rotatable bonds is 18. The Morgan fingerprint density at radius 3 is 1.17 bits per heavy atom. The van der Waals surface area contributed by atoms with Crippen molar-refractivity contribution >= 4 is 35.5 Å². The Morgan fingerprint density at radius 2 is 0.862 bits per heavy atom. The molecule has 0 bridgehead atoms. The van der Waals surface area contributed by atoms with Crippen molar-refractivity contribution in [2.45, 2.75) is 48.7 Å². The summed E-state index contributed by atoms with van der Waals surface area (Å²) < 4.78 is 10.6. The molecule has 0 radical (unpaired) electrons. The first-order valence-electron chi connectivity index (χ1n) is 19.1. The van der Waals surface area contributed by atoms with Crippen LogP contribution in [0.3, 0.4) is 0 Å². The molecular weight excluding hydrogens is 761 g/mol. The van der Waals surface area contributed by atoms with Crippen LogP contribution in [0.1, 0.15) is 36.1 Å². The van der Waals surface area contributed by atoms with Gasteiger partial charge in [0.2, 0.25) is 0 Å². The molecule has 5 aromatic rings. The number of allylic oxidation sites excluding steroid dienone is 2. The molecule has 2 N–H and O–H groups in total. The lowest BCUT2D eigenvalue weighted by molar-refractivity contribution is -0.150. The van der Waals surface area contributed by atoms with E-state index >= 15 is 0 Å². The fourth-order valence-corrected chi connectivity index (χ4v) is 7.24. The third kappa shape index (κ3) is 14.3. The predicted octanol–water partition coefficient (Wildman–Crippen LogP) is 10.5. The molecule has 58 heavy (non-hydrogen) atoms. The zero-order valence-electron chi connectivity index (χ0n) is 32.6. The van der Waals surface area contributed by atoms with Gasteiger partial charge < -0.3 is 19.7 Å². The Bertz CT molecular complexity index is 2090. The number of hydrogen-bond acceptors (Lipinski definition) is 6. The Balaban J connectivity index is 1.03. The highest BCUT2D eigenvalue weighted by molar-refractivity contribution is 7.99. The molecule has 0 aliphatic carbocycles. The van der Waals surface area contributed by atoms with Crippen LogP contribution < -0.4 is 0 Å². The van der Waals surface area contributed by atoms with Crippen LogP contribution in [0.4, 0.5) is 0 Å². The van der Waals surface area contributed by atoms with Gasteiger partial charge in [-0.15, -0.1) is 23.5 Å². The van der Waals surface area contributed by atoms with Crippen molar-refractivity contribution in [3.63, 3.8) is 0 Å². The molecule has 2 atom stereocenters. The smallest absolute Gasteiger partial charge is 0.333 e. The van der Waals surface area contributed by atoms with Crippen LogP contribution in [0, 0.1) is 23.7 Å². The van der Waals surface area contributed by atoms with E-state index in [-0.39, 0.29) is 0 Å². The third-order valence-corrected chi connectivity index (χ3v) is 10.8. The molecule has 0 aliphatic rings. The molecule has 0 heterocycles. The molecular formula is C50H46O6S2. The van der Waals surface area contributed by atoms with E-state index in [1.54, 1.807) is 37.4 Å². The fraction of sp³-hybridized carbons (Fsp3) is 0.200. The molecule has 0 saturated heterocycles. The number of ether oxygens (including phenoxy) is 2. The van der Waals surface area contributed by atoms with Crippen molar-refractivity contribution in [2.24, 2.45) is 0 Å². The van der Waals surface area contributed by atoms with Crippen LogP contribution in [0.5, 0.6) is 0 Å². The Hall–Kier alpha value is -5.74. The van der Waals surface area contributed by atoms with Crippen LogP contribution in [-0.2, 0) is 31.9 Å². The summed E-state index contributed by atoms with van der Waals surface area (Å²) in [4.78, 5) is 24.9. The highest BCUT2D eigenvalue weighted by atomic mass is 32.2. The quantitative estimate of drug-likeness (QED) is 0.0668. The normalized spacial score (nSPS) is 12.0. The van der Waals surface area contributed by atoms with Crippen molar-refractivity contribution in [3.8, 4) is 45.9 Å². The molecule has 294 valence electrons. The number of aliphatic carboxylic acids is 2. The van der Waals surface area contributed by atoms with E-state index in [2.05, 4.69) is 72.2 Å². The number of carboxylic acid groups (broad SMARTS) is 2. The van der Waals surface area contributed by atoms with Gasteiger partial charge >= 0.3 is 11.9 Å². The first-order chi connectivity index (χ1) is 28.3. The lowest BCUT2D eigenvalue weighted by Gasteiger charge is -2.12. The number of thioether (sulfide) groups is 2. The van der Waals surface area contributed by atoms with E-state index < -0.39 is 24.1 Å². The summed E-state index contributed by atoms with van der Waals surface area (Å²) in [7, 11) is 0. The summed E-state index contributed by atoms with van der Waals surface area (Å²) in [6.07, 6.45) is 6.88. The average molecular weight is 807 g/mol. The molecule has 0 spiro atoms. The first-order valence-corrected chi connectivity index (χ1v) is 21.0. The van der Waals surface area contributed by atoms with Crippen LogP contribution in [0.15, 0.2) is 155 Å². The van der Waals surface area contributed by atoms with E-state index in [4.69, 9.17) is 9.47 Å². The van der Waals surface area contributed by atoms with Gasteiger partial charge in [0.05, 0.1) is 0 Å². The summed E-state index contributed by atoms with van der Waals surface area (Å²) in [5.74, 6) is 12.3. The maximum absolute atomic E-state index is 11.3. The van der Waals surface area contributed by atoms with Crippen LogP contribution in [-0.4, -0.2) is 59.1 Å². The van der Waals surface area contributed by atoms with Gasteiger partial charge in [0, 0.05) is 58.5 Å². The van der Waals surface area contributed by atoms with E-state index in [0.29, 0.717) is 26.1 Å². The van der Waals surface area contributed by atoms with Crippen molar-refractivity contribution in [2.75, 3.05) is 24.7 Å². The number of carbonyl (C=O) groups is 2. The summed E-state index contributed by atoms with van der Waals surface area (Å²) in [6, 6.07) is 40.9. The van der Waals surface area contributed by atoms with Crippen molar-refractivity contribution in [3.05, 3.63) is 168 Å². The zero-order valence-corrected chi connectivity index (χ0v) is 34.2. The molecule has 0 aromatic heterocycles. The Morgan fingerprint density at radius 1 is 0.534 bits per heavy atom. The second-order valence-corrected chi connectivity index (χ2v) is 15.1. The molecule has 0 saturated carbocycles. The van der Waals surface area contributed by atoms with Crippen LogP contribution in [0.2, 0.25) is 0 Å². The molecule has 6 nitrogen and oxygen atoms in total. The van der Waals surface area contributed by atoms with E-state index in [1.165, 1.54) is 0 Å². The van der Waals surface area contributed by atoms with Gasteiger partial charge in [-0.25, -0.2) is 9.59 Å². The number of benzene rings is 5. The van der Waals surface area contributed by atoms with Crippen molar-refractivity contribution in [1.82, 2.24) is 0 Å². The largest absolute Gasteiger partial charge is 0.479 e. The van der Waals surface area contributed by atoms with E-state index in [1.807, 2.05) is 97.1 Å². The minimum Gasteiger partial charge on any atom is -0.479 e. The molecule has 8 heteroatoms. The predicted molar refractivity (Wildman–Crippen MR) is 237 cm³/mol. The minimum absolute atomic E-state index is 0.350. The zero-order chi connectivity index (χ0) is 41.0. The van der Waals surface area contributed by atoms with Gasteiger partial charge in [-0.2, -0.15) is 0 Å². The van der Waals surface area contributed by atoms with Crippen molar-refractivity contribution in [1.29, 1.82) is 0 Å². The van der Waals surface area contributed by atoms with Gasteiger partial charge in [-0.3, -0.25) is 0 Å².